The van der Waals surface area contributed by atoms with Gasteiger partial charge in [-0.15, -0.1) is 0 Å². The molecule has 1 aliphatic rings. The molecule has 2 aromatic rings. The Morgan fingerprint density at radius 3 is 2.70 bits per heavy atom. The van der Waals surface area contributed by atoms with Crippen LogP contribution in [0.3, 0.4) is 0 Å². The summed E-state index contributed by atoms with van der Waals surface area (Å²) in [5, 5.41) is 8.27. The number of hydrogen-bond acceptors (Lipinski definition) is 2. The number of aryl methyl sites for hydroxylation is 2. The van der Waals surface area contributed by atoms with Gasteiger partial charge >= 0.3 is 0 Å². The van der Waals surface area contributed by atoms with E-state index < -0.39 is 0 Å². The van der Waals surface area contributed by atoms with Gasteiger partial charge < -0.3 is 5.73 Å². The predicted molar refractivity (Wildman–Crippen MR) is 85.1 cm³/mol. The third-order valence-electron chi connectivity index (χ3n) is 3.53. The van der Waals surface area contributed by atoms with Crippen LogP contribution in [0.4, 0.5) is 0 Å². The van der Waals surface area contributed by atoms with Crippen LogP contribution in [0.25, 0.3) is 0 Å². The molecule has 0 bridgehead atoms. The first-order chi connectivity index (χ1) is 9.63. The standard InChI is InChI=1S/C16H15ClN2S/c17-12-5-7-15(14(9-12)16(18)19)20-13-6-4-10-2-1-3-11(10)8-13/h4-9H,1-3H2,(H3,18,19). The summed E-state index contributed by atoms with van der Waals surface area (Å²) in [5.74, 6) is 0.0520. The predicted octanol–water partition coefficient (Wildman–Crippen LogP) is 4.26. The van der Waals surface area contributed by atoms with Gasteiger partial charge in [0.2, 0.25) is 0 Å². The number of benzene rings is 2. The summed E-state index contributed by atoms with van der Waals surface area (Å²) in [5.41, 5.74) is 9.26. The maximum Gasteiger partial charge on any atom is 0.123 e. The molecule has 0 fully saturated rings. The molecular formula is C16H15ClN2S. The fraction of sp³-hybridized carbons (Fsp3) is 0.188. The largest absolute Gasteiger partial charge is 0.384 e. The number of amidine groups is 1. The molecule has 0 saturated heterocycles. The van der Waals surface area contributed by atoms with Gasteiger partial charge in [0, 0.05) is 20.4 Å². The van der Waals surface area contributed by atoms with Crippen molar-refractivity contribution in [3.05, 3.63) is 58.1 Å². The third kappa shape index (κ3) is 2.69. The molecule has 0 spiro atoms. The second-order valence-corrected chi connectivity index (χ2v) is 6.49. The highest BCUT2D eigenvalue weighted by Crippen LogP contribution is 2.34. The van der Waals surface area contributed by atoms with Crippen molar-refractivity contribution < 1.29 is 0 Å². The normalized spacial score (nSPS) is 13.2. The first kappa shape index (κ1) is 13.5. The van der Waals surface area contributed by atoms with Gasteiger partial charge in [-0.25, -0.2) is 0 Å². The third-order valence-corrected chi connectivity index (χ3v) is 4.83. The monoisotopic (exact) mass is 302 g/mol. The van der Waals surface area contributed by atoms with Crippen molar-refractivity contribution in [2.24, 2.45) is 5.73 Å². The van der Waals surface area contributed by atoms with E-state index in [-0.39, 0.29) is 5.84 Å². The van der Waals surface area contributed by atoms with E-state index in [2.05, 4.69) is 18.2 Å². The van der Waals surface area contributed by atoms with Crippen LogP contribution in [0.5, 0.6) is 0 Å². The van der Waals surface area contributed by atoms with E-state index >= 15 is 0 Å². The number of fused-ring (bicyclic) bond motifs is 1. The van der Waals surface area contributed by atoms with Gasteiger partial charge in [0.15, 0.2) is 0 Å². The molecule has 1 aliphatic carbocycles. The maximum atomic E-state index is 7.67. The summed E-state index contributed by atoms with van der Waals surface area (Å²) in [6.45, 7) is 0. The number of nitrogen functional groups attached to an aromatic ring is 1. The lowest BCUT2D eigenvalue weighted by Crippen LogP contribution is -2.12. The Morgan fingerprint density at radius 1 is 1.10 bits per heavy atom. The average molecular weight is 303 g/mol. The number of halogens is 1. The van der Waals surface area contributed by atoms with Gasteiger partial charge in [-0.05, 0) is 60.7 Å². The molecule has 102 valence electrons. The summed E-state index contributed by atoms with van der Waals surface area (Å²) < 4.78 is 0. The average Bonchev–Trinajstić information content (AvgIpc) is 2.88. The highest BCUT2D eigenvalue weighted by molar-refractivity contribution is 7.99. The van der Waals surface area contributed by atoms with Crippen molar-refractivity contribution in [1.29, 1.82) is 5.41 Å². The van der Waals surface area contributed by atoms with Gasteiger partial charge in [0.1, 0.15) is 5.84 Å². The fourth-order valence-corrected chi connectivity index (χ4v) is 3.72. The van der Waals surface area contributed by atoms with E-state index in [1.54, 1.807) is 17.8 Å². The summed E-state index contributed by atoms with van der Waals surface area (Å²) in [6, 6.07) is 12.1. The lowest BCUT2D eigenvalue weighted by molar-refractivity contribution is 0.911. The first-order valence-electron chi connectivity index (χ1n) is 6.57. The molecule has 0 atom stereocenters. The SMILES string of the molecule is N=C(N)c1cc(Cl)ccc1Sc1ccc2c(c1)CCC2. The van der Waals surface area contributed by atoms with Gasteiger partial charge in [-0.1, -0.05) is 29.4 Å². The minimum Gasteiger partial charge on any atom is -0.384 e. The van der Waals surface area contributed by atoms with Crippen LogP contribution in [0, 0.1) is 5.41 Å². The molecule has 0 aliphatic heterocycles. The highest BCUT2D eigenvalue weighted by Gasteiger charge is 2.13. The zero-order valence-corrected chi connectivity index (χ0v) is 12.5. The van der Waals surface area contributed by atoms with Crippen LogP contribution in [0.2, 0.25) is 5.02 Å². The van der Waals surface area contributed by atoms with Crippen molar-refractivity contribution in [3.8, 4) is 0 Å². The van der Waals surface area contributed by atoms with Crippen LogP contribution >= 0.6 is 23.4 Å². The lowest BCUT2D eigenvalue weighted by Gasteiger charge is -2.09. The molecule has 0 amide bonds. The van der Waals surface area contributed by atoms with Crippen LogP contribution in [-0.4, -0.2) is 5.84 Å². The molecule has 20 heavy (non-hydrogen) atoms. The number of rotatable bonds is 3. The number of hydrogen-bond donors (Lipinski definition) is 2. The zero-order valence-electron chi connectivity index (χ0n) is 10.9. The zero-order chi connectivity index (χ0) is 14.1. The van der Waals surface area contributed by atoms with Crippen molar-refractivity contribution in [1.82, 2.24) is 0 Å². The Morgan fingerprint density at radius 2 is 1.90 bits per heavy atom. The van der Waals surface area contributed by atoms with Gasteiger partial charge in [0.05, 0.1) is 0 Å². The van der Waals surface area contributed by atoms with E-state index in [0.29, 0.717) is 10.6 Å². The van der Waals surface area contributed by atoms with E-state index in [9.17, 15) is 0 Å². The van der Waals surface area contributed by atoms with E-state index in [4.69, 9.17) is 22.7 Å². The van der Waals surface area contributed by atoms with Crippen LogP contribution in [0.1, 0.15) is 23.1 Å². The molecule has 2 nitrogen and oxygen atoms in total. The first-order valence-corrected chi connectivity index (χ1v) is 7.76. The smallest absolute Gasteiger partial charge is 0.123 e. The van der Waals surface area contributed by atoms with Gasteiger partial charge in [0.25, 0.3) is 0 Å². The Labute approximate surface area is 127 Å². The Hall–Kier alpha value is -1.45. The summed E-state index contributed by atoms with van der Waals surface area (Å²) in [6.07, 6.45) is 3.62. The number of nitrogens with one attached hydrogen (secondary N) is 1. The molecule has 0 heterocycles. The number of nitrogens with two attached hydrogens (primary N) is 1. The quantitative estimate of drug-likeness (QED) is 0.657. The maximum absolute atomic E-state index is 7.67. The Kier molecular flexibility index (Phi) is 3.72. The molecule has 0 aromatic heterocycles. The highest BCUT2D eigenvalue weighted by atomic mass is 35.5. The summed E-state index contributed by atoms with van der Waals surface area (Å²) >= 11 is 7.62. The minimum absolute atomic E-state index is 0.0520. The Bertz CT molecular complexity index is 682. The van der Waals surface area contributed by atoms with Crippen molar-refractivity contribution in [3.63, 3.8) is 0 Å². The van der Waals surface area contributed by atoms with Crippen LogP contribution < -0.4 is 5.73 Å². The summed E-state index contributed by atoms with van der Waals surface area (Å²) in [4.78, 5) is 2.16. The molecule has 0 radical (unpaired) electrons. The molecule has 0 saturated carbocycles. The van der Waals surface area contributed by atoms with Crippen molar-refractivity contribution in [2.75, 3.05) is 0 Å². The van der Waals surface area contributed by atoms with E-state index in [1.807, 2.05) is 12.1 Å². The van der Waals surface area contributed by atoms with E-state index in [0.717, 1.165) is 4.90 Å². The van der Waals surface area contributed by atoms with E-state index in [1.165, 1.54) is 35.3 Å². The van der Waals surface area contributed by atoms with Gasteiger partial charge in [-0.3, -0.25) is 5.41 Å². The summed E-state index contributed by atoms with van der Waals surface area (Å²) in [7, 11) is 0. The van der Waals surface area contributed by atoms with Gasteiger partial charge in [-0.2, -0.15) is 0 Å². The second kappa shape index (κ2) is 5.51. The molecular weight excluding hydrogens is 288 g/mol. The van der Waals surface area contributed by atoms with Crippen molar-refractivity contribution in [2.45, 2.75) is 29.1 Å². The second-order valence-electron chi connectivity index (χ2n) is 4.94. The molecule has 4 heteroatoms. The molecule has 0 unspecified atom stereocenters. The molecule has 3 N–H and O–H groups in total. The topological polar surface area (TPSA) is 49.9 Å². The molecule has 2 aromatic carbocycles. The lowest BCUT2D eigenvalue weighted by atomic mass is 10.1. The van der Waals surface area contributed by atoms with Crippen LogP contribution in [0.15, 0.2) is 46.2 Å². The van der Waals surface area contributed by atoms with Crippen molar-refractivity contribution >= 4 is 29.2 Å². The minimum atomic E-state index is 0.0520. The Balaban J connectivity index is 1.93. The van der Waals surface area contributed by atoms with Crippen LogP contribution in [-0.2, 0) is 12.8 Å². The molecule has 3 rings (SSSR count). The fourth-order valence-electron chi connectivity index (χ4n) is 2.54.